The van der Waals surface area contributed by atoms with Crippen LogP contribution in [0.1, 0.15) is 30.6 Å². The van der Waals surface area contributed by atoms with Gasteiger partial charge in [-0.1, -0.05) is 13.8 Å². The third-order valence-electron chi connectivity index (χ3n) is 3.95. The lowest BCUT2D eigenvalue weighted by molar-refractivity contribution is 0.0697. The molecule has 2 heterocycles. The molecule has 0 spiro atoms. The molecule has 0 bridgehead atoms. The van der Waals surface area contributed by atoms with Crippen LogP contribution < -0.4 is 10.2 Å². The van der Waals surface area contributed by atoms with Crippen LogP contribution in [-0.2, 0) is 0 Å². The standard InChI is InChI=1S/C20H19NO5/c1-12(2)7-9-25-19-15(4-3-8-21-19)18-11-16(22)14-6-5-13(20(23)24)10-17(14)26-18/h3-6,8,10-12H,7,9H2,1-2H3,(H,23,24). The Balaban J connectivity index is 2.05. The van der Waals surface area contributed by atoms with Gasteiger partial charge in [0.2, 0.25) is 5.88 Å². The van der Waals surface area contributed by atoms with Crippen molar-refractivity contribution in [2.45, 2.75) is 20.3 Å². The molecule has 0 aliphatic heterocycles. The lowest BCUT2D eigenvalue weighted by atomic mass is 10.1. The molecule has 1 aromatic carbocycles. The average molecular weight is 353 g/mol. The number of pyridine rings is 1. The van der Waals surface area contributed by atoms with Gasteiger partial charge >= 0.3 is 5.97 Å². The Kier molecular flexibility index (Phi) is 5.02. The molecule has 0 aliphatic rings. The highest BCUT2D eigenvalue weighted by Crippen LogP contribution is 2.29. The molecule has 2 aromatic heterocycles. The molecule has 134 valence electrons. The second-order valence-electron chi connectivity index (χ2n) is 6.38. The Morgan fingerprint density at radius 2 is 2.08 bits per heavy atom. The summed E-state index contributed by atoms with van der Waals surface area (Å²) in [6.45, 7) is 4.71. The molecule has 0 unspecified atom stereocenters. The molecular formula is C20H19NO5. The molecule has 0 aliphatic carbocycles. The van der Waals surface area contributed by atoms with Crippen molar-refractivity contribution in [1.29, 1.82) is 0 Å². The summed E-state index contributed by atoms with van der Waals surface area (Å²) in [6.07, 6.45) is 2.48. The van der Waals surface area contributed by atoms with E-state index in [1.807, 2.05) is 0 Å². The van der Waals surface area contributed by atoms with E-state index in [0.29, 0.717) is 29.4 Å². The number of nitrogens with zero attached hydrogens (tertiary/aromatic N) is 1. The minimum Gasteiger partial charge on any atom is -0.478 e. The van der Waals surface area contributed by atoms with E-state index in [2.05, 4.69) is 18.8 Å². The second-order valence-corrected chi connectivity index (χ2v) is 6.38. The van der Waals surface area contributed by atoms with Gasteiger partial charge in [-0.2, -0.15) is 0 Å². The Morgan fingerprint density at radius 3 is 2.81 bits per heavy atom. The van der Waals surface area contributed by atoms with Gasteiger partial charge in [-0.15, -0.1) is 0 Å². The van der Waals surface area contributed by atoms with Crippen LogP contribution >= 0.6 is 0 Å². The maximum Gasteiger partial charge on any atom is 0.335 e. The minimum atomic E-state index is -1.08. The summed E-state index contributed by atoms with van der Waals surface area (Å²) in [5.74, 6) is 0.0805. The van der Waals surface area contributed by atoms with E-state index < -0.39 is 5.97 Å². The fraction of sp³-hybridized carbons (Fsp3) is 0.250. The largest absolute Gasteiger partial charge is 0.478 e. The summed E-state index contributed by atoms with van der Waals surface area (Å²) >= 11 is 0. The van der Waals surface area contributed by atoms with Gasteiger partial charge in [0.05, 0.1) is 23.1 Å². The predicted molar refractivity (Wildman–Crippen MR) is 97.6 cm³/mol. The molecule has 0 amide bonds. The Hall–Kier alpha value is -3.15. The molecule has 0 saturated heterocycles. The monoisotopic (exact) mass is 353 g/mol. The van der Waals surface area contributed by atoms with E-state index in [1.54, 1.807) is 18.3 Å². The quantitative estimate of drug-likeness (QED) is 0.721. The van der Waals surface area contributed by atoms with E-state index in [4.69, 9.17) is 14.3 Å². The van der Waals surface area contributed by atoms with Crippen LogP contribution in [0.25, 0.3) is 22.3 Å². The van der Waals surface area contributed by atoms with Crippen LogP contribution in [0.15, 0.2) is 51.8 Å². The number of benzene rings is 1. The number of ether oxygens (including phenoxy) is 1. The molecule has 0 fully saturated rings. The first-order valence-corrected chi connectivity index (χ1v) is 8.35. The van der Waals surface area contributed by atoms with E-state index in [0.717, 1.165) is 6.42 Å². The van der Waals surface area contributed by atoms with Gasteiger partial charge in [-0.25, -0.2) is 9.78 Å². The van der Waals surface area contributed by atoms with Crippen molar-refractivity contribution in [2.24, 2.45) is 5.92 Å². The van der Waals surface area contributed by atoms with Crippen molar-refractivity contribution in [1.82, 2.24) is 4.98 Å². The van der Waals surface area contributed by atoms with Crippen molar-refractivity contribution in [3.8, 4) is 17.2 Å². The highest BCUT2D eigenvalue weighted by atomic mass is 16.5. The normalized spacial score (nSPS) is 11.0. The SMILES string of the molecule is CC(C)CCOc1ncccc1-c1cc(=O)c2ccc(C(=O)O)cc2o1. The van der Waals surface area contributed by atoms with Crippen molar-refractivity contribution < 1.29 is 19.1 Å². The number of hydrogen-bond donors (Lipinski definition) is 1. The Bertz CT molecular complexity index is 1010. The van der Waals surface area contributed by atoms with Gasteiger partial charge in [-0.05, 0) is 42.7 Å². The first kappa shape index (κ1) is 17.7. The number of rotatable bonds is 6. The molecule has 0 atom stereocenters. The van der Waals surface area contributed by atoms with E-state index in [1.165, 1.54) is 24.3 Å². The van der Waals surface area contributed by atoms with Gasteiger partial charge in [0.15, 0.2) is 5.43 Å². The Morgan fingerprint density at radius 1 is 1.27 bits per heavy atom. The van der Waals surface area contributed by atoms with Gasteiger partial charge < -0.3 is 14.3 Å². The molecule has 3 aromatic rings. The number of aromatic nitrogens is 1. The number of carboxylic acid groups (broad SMARTS) is 1. The zero-order valence-electron chi connectivity index (χ0n) is 14.6. The predicted octanol–water partition coefficient (Wildman–Crippen LogP) is 3.98. The molecular weight excluding hydrogens is 334 g/mol. The molecule has 3 rings (SSSR count). The molecule has 6 heteroatoms. The molecule has 26 heavy (non-hydrogen) atoms. The van der Waals surface area contributed by atoms with Crippen LogP contribution in [0, 0.1) is 5.92 Å². The highest BCUT2D eigenvalue weighted by molar-refractivity contribution is 5.92. The summed E-state index contributed by atoms with van der Waals surface area (Å²) in [4.78, 5) is 27.8. The summed E-state index contributed by atoms with van der Waals surface area (Å²) in [5, 5.41) is 9.46. The van der Waals surface area contributed by atoms with Crippen LogP contribution in [0.3, 0.4) is 0 Å². The molecule has 0 saturated carbocycles. The molecule has 1 N–H and O–H groups in total. The topological polar surface area (TPSA) is 89.6 Å². The summed E-state index contributed by atoms with van der Waals surface area (Å²) in [7, 11) is 0. The van der Waals surface area contributed by atoms with Crippen molar-refractivity contribution in [3.63, 3.8) is 0 Å². The number of carbonyl (C=O) groups is 1. The first-order chi connectivity index (χ1) is 12.5. The van der Waals surface area contributed by atoms with Gasteiger partial charge in [-0.3, -0.25) is 4.79 Å². The minimum absolute atomic E-state index is 0.0531. The average Bonchev–Trinajstić information content (AvgIpc) is 2.61. The van der Waals surface area contributed by atoms with Gasteiger partial charge in [0.25, 0.3) is 0 Å². The highest BCUT2D eigenvalue weighted by Gasteiger charge is 2.14. The van der Waals surface area contributed by atoms with E-state index in [-0.39, 0.29) is 22.3 Å². The number of hydrogen-bond acceptors (Lipinski definition) is 5. The van der Waals surface area contributed by atoms with Crippen LogP contribution in [0.4, 0.5) is 0 Å². The first-order valence-electron chi connectivity index (χ1n) is 8.35. The van der Waals surface area contributed by atoms with Gasteiger partial charge in [0, 0.05) is 12.3 Å². The maximum atomic E-state index is 12.4. The fourth-order valence-electron chi connectivity index (χ4n) is 2.51. The fourth-order valence-corrected chi connectivity index (χ4v) is 2.51. The van der Waals surface area contributed by atoms with E-state index in [9.17, 15) is 9.59 Å². The van der Waals surface area contributed by atoms with E-state index >= 15 is 0 Å². The van der Waals surface area contributed by atoms with Crippen molar-refractivity contribution in [2.75, 3.05) is 6.61 Å². The van der Waals surface area contributed by atoms with Gasteiger partial charge in [0.1, 0.15) is 11.3 Å². The number of aromatic carboxylic acids is 1. The number of carboxylic acids is 1. The van der Waals surface area contributed by atoms with Crippen LogP contribution in [0.2, 0.25) is 0 Å². The molecule has 6 nitrogen and oxygen atoms in total. The van der Waals surface area contributed by atoms with Crippen molar-refractivity contribution >= 4 is 16.9 Å². The van der Waals surface area contributed by atoms with Crippen molar-refractivity contribution in [3.05, 3.63) is 58.4 Å². The Labute approximate surface area is 150 Å². The zero-order valence-corrected chi connectivity index (χ0v) is 14.6. The lowest BCUT2D eigenvalue weighted by Crippen LogP contribution is -2.05. The maximum absolute atomic E-state index is 12.4. The summed E-state index contributed by atoms with van der Waals surface area (Å²) in [5.41, 5.74) is 0.563. The van der Waals surface area contributed by atoms with Crippen LogP contribution in [0.5, 0.6) is 5.88 Å². The third-order valence-corrected chi connectivity index (χ3v) is 3.95. The lowest BCUT2D eigenvalue weighted by Gasteiger charge is -2.11. The second kappa shape index (κ2) is 7.39. The summed E-state index contributed by atoms with van der Waals surface area (Å²) < 4.78 is 11.6. The number of fused-ring (bicyclic) bond motifs is 1. The summed E-state index contributed by atoms with van der Waals surface area (Å²) in [6, 6.07) is 9.03. The zero-order chi connectivity index (χ0) is 18.7. The van der Waals surface area contributed by atoms with Crippen LogP contribution in [-0.4, -0.2) is 22.7 Å². The molecule has 0 radical (unpaired) electrons. The third kappa shape index (κ3) is 3.74. The smallest absolute Gasteiger partial charge is 0.335 e.